The van der Waals surface area contributed by atoms with E-state index in [2.05, 4.69) is 15.2 Å². The Bertz CT molecular complexity index is 2360. The molecule has 2 unspecified atom stereocenters. The largest absolute Gasteiger partial charge is 0.496 e. The molecule has 2 atom stereocenters. The Morgan fingerprint density at radius 3 is 2.42 bits per heavy atom. The van der Waals surface area contributed by atoms with E-state index in [1.54, 1.807) is 44.3 Å². The number of amides is 4. The summed E-state index contributed by atoms with van der Waals surface area (Å²) in [6.07, 6.45) is 7.65. The van der Waals surface area contributed by atoms with Gasteiger partial charge in [-0.15, -0.1) is 0 Å². The highest BCUT2D eigenvalue weighted by Gasteiger charge is 2.47. The summed E-state index contributed by atoms with van der Waals surface area (Å²) in [5.41, 5.74) is 2.11. The zero-order valence-electron chi connectivity index (χ0n) is 32.0. The number of carbonyl (C=O) groups is 5. The van der Waals surface area contributed by atoms with Crippen LogP contribution in [0.25, 0.3) is 21.9 Å². The predicted octanol–water partition coefficient (Wildman–Crippen LogP) is 3.43. The third-order valence-electron chi connectivity index (χ3n) is 11.8. The van der Waals surface area contributed by atoms with Crippen LogP contribution in [0.15, 0.2) is 59.8 Å². The highest BCUT2D eigenvalue weighted by Crippen LogP contribution is 2.42. The van der Waals surface area contributed by atoms with Crippen LogP contribution in [0.4, 0.5) is 0 Å². The van der Waals surface area contributed by atoms with Crippen molar-refractivity contribution in [1.82, 2.24) is 24.7 Å². The number of carbonyl (C=O) groups excluding carboxylic acids is 5. The number of nitrogens with zero attached hydrogens (tertiary/aromatic N) is 4. The number of fused-ring (bicyclic) bond motifs is 2. The standard InChI is InChI=1S/C42H43N5O10/c1-45-21-29(26-9-13-43-20-28(26)39(45)51)25-17-34(54-2)30(35(18-25)55-3)22-46-14-11-42(12-15-46)19-24(10-16-57-42)32(48)23-56-33-6-4-5-27-37(33)41(53)47(40(27)52)31-7-8-36(49)44-38(31)50/h4-6,9,13,17-18,20-21,24,31H,7-8,10-12,14-16,19,22-23H2,1-3H3,(H,44,49,50). The summed E-state index contributed by atoms with van der Waals surface area (Å²) in [5, 5.41) is 3.51. The molecule has 3 fully saturated rings. The first kappa shape index (κ1) is 38.0. The maximum absolute atomic E-state index is 13.6. The zero-order valence-corrected chi connectivity index (χ0v) is 32.0. The highest BCUT2D eigenvalue weighted by atomic mass is 16.5. The molecule has 3 saturated heterocycles. The number of Topliss-reactive ketones (excluding diaryl/α,β-unsaturated/α-hetero) is 1. The van der Waals surface area contributed by atoms with Crippen LogP contribution in [0.5, 0.6) is 17.2 Å². The molecule has 2 aromatic heterocycles. The molecule has 6 heterocycles. The number of hydrogen-bond acceptors (Lipinski definition) is 12. The first-order chi connectivity index (χ1) is 27.5. The summed E-state index contributed by atoms with van der Waals surface area (Å²) in [7, 11) is 4.98. The molecule has 15 heteroatoms. The lowest BCUT2D eigenvalue weighted by Crippen LogP contribution is -2.54. The number of nitrogens with one attached hydrogen (secondary N) is 1. The van der Waals surface area contributed by atoms with Gasteiger partial charge in [-0.3, -0.25) is 48.9 Å². The molecular formula is C42H43N5O10. The van der Waals surface area contributed by atoms with Gasteiger partial charge >= 0.3 is 0 Å². The molecule has 4 aliphatic heterocycles. The van der Waals surface area contributed by atoms with Crippen molar-refractivity contribution in [1.29, 1.82) is 0 Å². The van der Waals surface area contributed by atoms with Crippen molar-refractivity contribution < 1.29 is 42.9 Å². The van der Waals surface area contributed by atoms with Gasteiger partial charge in [0.05, 0.1) is 41.9 Å². The van der Waals surface area contributed by atoms with Gasteiger partial charge in [-0.1, -0.05) is 6.07 Å². The van der Waals surface area contributed by atoms with Gasteiger partial charge in [0.15, 0.2) is 5.78 Å². The molecule has 1 N–H and O–H groups in total. The third kappa shape index (κ3) is 6.95. The average molecular weight is 778 g/mol. The molecular weight excluding hydrogens is 734 g/mol. The Labute approximate surface area is 327 Å². The fourth-order valence-corrected chi connectivity index (χ4v) is 8.70. The molecule has 0 bridgehead atoms. The number of rotatable bonds is 10. The van der Waals surface area contributed by atoms with Crippen LogP contribution in [0.3, 0.4) is 0 Å². The van der Waals surface area contributed by atoms with Crippen LogP contribution < -0.4 is 25.1 Å². The molecule has 15 nitrogen and oxygen atoms in total. The van der Waals surface area contributed by atoms with E-state index in [0.29, 0.717) is 42.9 Å². The lowest BCUT2D eigenvalue weighted by Gasteiger charge is -2.46. The molecule has 0 radical (unpaired) electrons. The zero-order chi connectivity index (χ0) is 40.0. The van der Waals surface area contributed by atoms with Gasteiger partial charge in [0.25, 0.3) is 17.4 Å². The predicted molar refractivity (Wildman–Crippen MR) is 205 cm³/mol. The summed E-state index contributed by atoms with van der Waals surface area (Å²) < 4.78 is 25.7. The number of pyridine rings is 2. The summed E-state index contributed by atoms with van der Waals surface area (Å²) in [5.74, 6) is -1.47. The Hall–Kier alpha value is -5.93. The second kappa shape index (κ2) is 15.2. The number of likely N-dealkylation sites (tertiary alicyclic amines) is 1. The summed E-state index contributed by atoms with van der Waals surface area (Å²) in [6.45, 7) is 2.16. The number of hydrogen-bond donors (Lipinski definition) is 1. The van der Waals surface area contributed by atoms with Crippen LogP contribution in [0.2, 0.25) is 0 Å². The second-order valence-electron chi connectivity index (χ2n) is 15.1. The van der Waals surface area contributed by atoms with E-state index < -0.39 is 35.3 Å². The summed E-state index contributed by atoms with van der Waals surface area (Å²) in [6, 6.07) is 9.27. The molecule has 4 amide bonds. The number of benzene rings is 2. The normalized spacial score (nSPS) is 20.8. The van der Waals surface area contributed by atoms with E-state index in [0.717, 1.165) is 52.9 Å². The van der Waals surface area contributed by atoms with Gasteiger partial charge in [-0.05, 0) is 73.4 Å². The van der Waals surface area contributed by atoms with Gasteiger partial charge in [-0.2, -0.15) is 0 Å². The minimum Gasteiger partial charge on any atom is -0.496 e. The quantitative estimate of drug-likeness (QED) is 0.233. The van der Waals surface area contributed by atoms with Crippen LogP contribution in [-0.4, -0.2) is 101 Å². The fraction of sp³-hybridized carbons (Fsp3) is 0.405. The minimum absolute atomic E-state index is 0.0109. The van der Waals surface area contributed by atoms with E-state index >= 15 is 0 Å². The molecule has 4 aliphatic rings. The molecule has 296 valence electrons. The fourth-order valence-electron chi connectivity index (χ4n) is 8.70. The first-order valence-corrected chi connectivity index (χ1v) is 19.1. The highest BCUT2D eigenvalue weighted by molar-refractivity contribution is 6.24. The second-order valence-corrected chi connectivity index (χ2v) is 15.1. The van der Waals surface area contributed by atoms with E-state index in [1.165, 1.54) is 12.1 Å². The van der Waals surface area contributed by atoms with Gasteiger partial charge in [0.1, 0.15) is 29.9 Å². The molecule has 0 saturated carbocycles. The van der Waals surface area contributed by atoms with Crippen molar-refractivity contribution in [3.05, 3.63) is 82.0 Å². The maximum Gasteiger partial charge on any atom is 0.266 e. The topological polar surface area (TPSA) is 176 Å². The molecule has 57 heavy (non-hydrogen) atoms. The van der Waals surface area contributed by atoms with Crippen LogP contribution in [-0.2, 0) is 32.7 Å². The molecule has 8 rings (SSSR count). The Morgan fingerprint density at radius 1 is 0.947 bits per heavy atom. The number of ether oxygens (including phenoxy) is 4. The Balaban J connectivity index is 0.914. The van der Waals surface area contributed by atoms with Crippen molar-refractivity contribution in [2.24, 2.45) is 13.0 Å². The van der Waals surface area contributed by atoms with Crippen molar-refractivity contribution in [2.45, 2.75) is 56.7 Å². The van der Waals surface area contributed by atoms with E-state index in [9.17, 15) is 28.8 Å². The lowest BCUT2D eigenvalue weighted by molar-refractivity contribution is -0.148. The van der Waals surface area contributed by atoms with Crippen LogP contribution >= 0.6 is 0 Å². The Morgan fingerprint density at radius 2 is 1.70 bits per heavy atom. The lowest BCUT2D eigenvalue weighted by atomic mass is 9.78. The molecule has 4 aromatic rings. The third-order valence-corrected chi connectivity index (χ3v) is 11.8. The number of imide groups is 2. The van der Waals surface area contributed by atoms with Crippen LogP contribution in [0, 0.1) is 5.92 Å². The van der Waals surface area contributed by atoms with Gasteiger partial charge in [0.2, 0.25) is 11.8 Å². The van der Waals surface area contributed by atoms with E-state index in [1.807, 2.05) is 24.4 Å². The minimum atomic E-state index is -1.10. The number of aromatic nitrogens is 2. The summed E-state index contributed by atoms with van der Waals surface area (Å²) >= 11 is 0. The van der Waals surface area contributed by atoms with Crippen molar-refractivity contribution in [3.8, 4) is 28.4 Å². The molecule has 1 spiro atoms. The van der Waals surface area contributed by atoms with Gasteiger partial charge in [-0.25, -0.2) is 0 Å². The average Bonchev–Trinajstić information content (AvgIpc) is 3.48. The van der Waals surface area contributed by atoms with Crippen molar-refractivity contribution in [3.63, 3.8) is 0 Å². The number of piperidine rings is 2. The SMILES string of the molecule is COc1cc(-c2cn(C)c(=O)c3cnccc23)cc(OC)c1CN1CCC2(CC1)CC(C(=O)COc1cccc3c1C(=O)N(C1CCC(=O)NC1=O)C3=O)CCO2. The monoisotopic (exact) mass is 777 g/mol. The first-order valence-electron chi connectivity index (χ1n) is 19.1. The van der Waals surface area contributed by atoms with Crippen molar-refractivity contribution >= 4 is 40.2 Å². The molecule has 0 aliphatic carbocycles. The van der Waals surface area contributed by atoms with E-state index in [4.69, 9.17) is 18.9 Å². The summed E-state index contributed by atoms with van der Waals surface area (Å²) in [4.78, 5) is 84.7. The number of ketones is 1. The number of methoxy groups -OCH3 is 2. The van der Waals surface area contributed by atoms with Crippen LogP contribution in [0.1, 0.15) is 64.8 Å². The molecule has 2 aromatic carbocycles. The van der Waals surface area contributed by atoms with Gasteiger partial charge in [0, 0.05) is 69.8 Å². The smallest absolute Gasteiger partial charge is 0.266 e. The number of aryl methyl sites for hydroxylation is 1. The maximum atomic E-state index is 13.6. The van der Waals surface area contributed by atoms with Crippen molar-refractivity contribution in [2.75, 3.05) is 40.5 Å². The Kier molecular flexibility index (Phi) is 10.1. The van der Waals surface area contributed by atoms with E-state index in [-0.39, 0.29) is 53.6 Å². The van der Waals surface area contributed by atoms with Gasteiger partial charge < -0.3 is 23.5 Å².